The van der Waals surface area contributed by atoms with Gasteiger partial charge in [-0.15, -0.1) is 0 Å². The first-order chi connectivity index (χ1) is 7.96. The van der Waals surface area contributed by atoms with E-state index >= 15 is 0 Å². The summed E-state index contributed by atoms with van der Waals surface area (Å²) in [6.07, 6.45) is 1.72. The fraction of sp³-hybridized carbons (Fsp3) is 0.667. The monoisotopic (exact) mass is 262 g/mol. The summed E-state index contributed by atoms with van der Waals surface area (Å²) in [7, 11) is -1.73. The Morgan fingerprint density at radius 2 is 1.65 bits per heavy atom. The molecular weight excluding hydrogens is 239 g/mol. The smallest absolute Gasteiger partial charge is 0.364 e. The molecule has 100 valence electrons. The van der Waals surface area contributed by atoms with Crippen LogP contribution < -0.4 is 0 Å². The molecule has 0 saturated carbocycles. The quantitative estimate of drug-likeness (QED) is 0.393. The lowest BCUT2D eigenvalue weighted by atomic mass is 10.2. The number of methoxy groups -OCH3 is 1. The third-order valence-electron chi connectivity index (χ3n) is 2.06. The molecule has 0 rings (SSSR count). The van der Waals surface area contributed by atoms with Crippen molar-refractivity contribution in [2.45, 2.75) is 34.6 Å². The van der Waals surface area contributed by atoms with Crippen molar-refractivity contribution in [2.75, 3.05) is 20.3 Å². The summed E-state index contributed by atoms with van der Waals surface area (Å²) in [4.78, 5) is 0. The van der Waals surface area contributed by atoms with Gasteiger partial charge in [-0.1, -0.05) is 6.08 Å². The van der Waals surface area contributed by atoms with Crippen molar-refractivity contribution in [2.24, 2.45) is 0 Å². The Labute approximate surface area is 104 Å². The molecule has 0 bridgehead atoms. The maximum Gasteiger partial charge on any atom is 0.364 e. The van der Waals surface area contributed by atoms with Gasteiger partial charge in [0, 0.05) is 0 Å². The van der Waals surface area contributed by atoms with Gasteiger partial charge in [-0.2, -0.15) is 0 Å². The van der Waals surface area contributed by atoms with Crippen molar-refractivity contribution in [1.29, 1.82) is 0 Å². The van der Waals surface area contributed by atoms with Crippen molar-refractivity contribution in [3.8, 4) is 0 Å². The summed E-state index contributed by atoms with van der Waals surface area (Å²) in [5, 5.41) is 0.490. The largest absolute Gasteiger partial charge is 0.496 e. The van der Waals surface area contributed by atoms with E-state index in [2.05, 4.69) is 0 Å². The molecule has 0 radical (unpaired) electrons. The normalized spacial score (nSPS) is 12.5. The van der Waals surface area contributed by atoms with Crippen molar-refractivity contribution < 1.29 is 18.3 Å². The van der Waals surface area contributed by atoms with Crippen molar-refractivity contribution in [3.63, 3.8) is 0 Å². The minimum atomic E-state index is -3.28. The first-order valence-corrected chi connectivity index (χ1v) is 7.28. The molecule has 0 aliphatic carbocycles. The molecule has 0 fully saturated rings. The van der Waals surface area contributed by atoms with Gasteiger partial charge in [-0.25, -0.2) is 0 Å². The van der Waals surface area contributed by atoms with Gasteiger partial charge >= 0.3 is 7.60 Å². The van der Waals surface area contributed by atoms with Gasteiger partial charge in [-0.3, -0.25) is 4.57 Å². The van der Waals surface area contributed by atoms with E-state index in [9.17, 15) is 4.57 Å². The van der Waals surface area contributed by atoms with Crippen LogP contribution in [0, 0.1) is 0 Å². The molecular formula is C12H23O4P. The number of rotatable bonds is 7. The van der Waals surface area contributed by atoms with Crippen molar-refractivity contribution in [1.82, 2.24) is 0 Å². The fourth-order valence-electron chi connectivity index (χ4n) is 1.49. The van der Waals surface area contributed by atoms with Crippen LogP contribution in [0.5, 0.6) is 0 Å². The summed E-state index contributed by atoms with van der Waals surface area (Å²) in [5.41, 5.74) is 0.931. The van der Waals surface area contributed by atoms with Crippen LogP contribution >= 0.6 is 7.60 Å². The van der Waals surface area contributed by atoms with Crippen LogP contribution in [0.25, 0.3) is 0 Å². The fourth-order valence-corrected chi connectivity index (χ4v) is 3.41. The number of allylic oxidation sites excluding steroid dienone is 3. The van der Waals surface area contributed by atoms with Gasteiger partial charge in [0.05, 0.1) is 20.3 Å². The van der Waals surface area contributed by atoms with E-state index in [1.54, 1.807) is 34.0 Å². The highest BCUT2D eigenvalue weighted by Gasteiger charge is 2.32. The van der Waals surface area contributed by atoms with E-state index < -0.39 is 7.60 Å². The lowest BCUT2D eigenvalue weighted by molar-refractivity contribution is 0.221. The molecule has 0 aliphatic rings. The molecule has 0 atom stereocenters. The molecule has 0 aromatic rings. The van der Waals surface area contributed by atoms with Crippen LogP contribution in [0.2, 0.25) is 0 Å². The second kappa shape index (κ2) is 7.70. The number of ether oxygens (including phenoxy) is 1. The van der Waals surface area contributed by atoms with Gasteiger partial charge in [0.1, 0.15) is 11.1 Å². The second-order valence-corrected chi connectivity index (χ2v) is 5.53. The third kappa shape index (κ3) is 4.30. The average molecular weight is 262 g/mol. The molecule has 0 unspecified atom stereocenters. The van der Waals surface area contributed by atoms with Crippen LogP contribution in [-0.4, -0.2) is 20.3 Å². The minimum absolute atomic E-state index is 0.328. The molecule has 0 saturated heterocycles. The highest BCUT2D eigenvalue weighted by molar-refractivity contribution is 7.58. The second-order valence-electron chi connectivity index (χ2n) is 3.54. The van der Waals surface area contributed by atoms with E-state index in [0.717, 1.165) is 5.57 Å². The van der Waals surface area contributed by atoms with Gasteiger partial charge in [0.25, 0.3) is 0 Å². The predicted molar refractivity (Wildman–Crippen MR) is 70.0 cm³/mol. The maximum absolute atomic E-state index is 12.6. The van der Waals surface area contributed by atoms with Gasteiger partial charge in [0.15, 0.2) is 0 Å². The zero-order chi connectivity index (χ0) is 13.5. The van der Waals surface area contributed by atoms with Crippen molar-refractivity contribution in [3.05, 3.63) is 22.7 Å². The molecule has 0 N–H and O–H groups in total. The lowest BCUT2D eigenvalue weighted by Crippen LogP contribution is -2.03. The summed E-state index contributed by atoms with van der Waals surface area (Å²) in [6, 6.07) is 0. The summed E-state index contributed by atoms with van der Waals surface area (Å²) >= 11 is 0. The van der Waals surface area contributed by atoms with E-state index in [1.807, 2.05) is 13.8 Å². The first-order valence-electron chi connectivity index (χ1n) is 5.74. The van der Waals surface area contributed by atoms with Crippen LogP contribution in [0.4, 0.5) is 0 Å². The Bertz CT molecular complexity index is 330. The number of hydrogen-bond donors (Lipinski definition) is 0. The molecule has 0 amide bonds. The molecule has 5 heteroatoms. The average Bonchev–Trinajstić information content (AvgIpc) is 2.25. The minimum Gasteiger partial charge on any atom is -0.496 e. The molecule has 0 spiro atoms. The molecule has 0 aromatic heterocycles. The summed E-state index contributed by atoms with van der Waals surface area (Å²) in [6.45, 7) is 9.81. The SMILES string of the molecule is C/C=C(\C(OC)=C(C)C)P(=O)(OCC)OCC. The topological polar surface area (TPSA) is 44.8 Å². The summed E-state index contributed by atoms with van der Waals surface area (Å²) in [5.74, 6) is 0.567. The van der Waals surface area contributed by atoms with Gasteiger partial charge in [-0.05, 0) is 40.2 Å². The van der Waals surface area contributed by atoms with Gasteiger partial charge < -0.3 is 13.8 Å². The zero-order valence-corrected chi connectivity index (χ0v) is 12.5. The standard InChI is InChI=1S/C12H23O4P/c1-7-11(12(14-6)10(4)5)17(13,15-8-2)16-9-3/h7H,8-9H2,1-6H3/b11-7+. The van der Waals surface area contributed by atoms with Crippen LogP contribution in [0.1, 0.15) is 34.6 Å². The lowest BCUT2D eigenvalue weighted by Gasteiger charge is -2.22. The van der Waals surface area contributed by atoms with Crippen molar-refractivity contribution >= 4 is 7.60 Å². The first kappa shape index (κ1) is 16.4. The Morgan fingerprint density at radius 3 is 1.88 bits per heavy atom. The van der Waals surface area contributed by atoms with Crippen LogP contribution in [-0.2, 0) is 18.3 Å². The molecule has 0 aromatic carbocycles. The Kier molecular flexibility index (Phi) is 7.44. The molecule has 17 heavy (non-hydrogen) atoms. The van der Waals surface area contributed by atoms with E-state index in [4.69, 9.17) is 13.8 Å². The Morgan fingerprint density at radius 1 is 1.18 bits per heavy atom. The number of hydrogen-bond acceptors (Lipinski definition) is 4. The van der Waals surface area contributed by atoms with Gasteiger partial charge in [0.2, 0.25) is 0 Å². The molecule has 0 aliphatic heterocycles. The van der Waals surface area contributed by atoms with Crippen LogP contribution in [0.15, 0.2) is 22.7 Å². The van der Waals surface area contributed by atoms with E-state index in [1.165, 1.54) is 0 Å². The van der Waals surface area contributed by atoms with Crippen LogP contribution in [0.3, 0.4) is 0 Å². The van der Waals surface area contributed by atoms with E-state index in [0.29, 0.717) is 24.3 Å². The predicted octanol–water partition coefficient (Wildman–Crippen LogP) is 4.10. The molecule has 0 heterocycles. The highest BCUT2D eigenvalue weighted by atomic mass is 31.2. The maximum atomic E-state index is 12.6. The Hall–Kier alpha value is -0.570. The highest BCUT2D eigenvalue weighted by Crippen LogP contribution is 2.58. The summed E-state index contributed by atoms with van der Waals surface area (Å²) < 4.78 is 28.5. The zero-order valence-electron chi connectivity index (χ0n) is 11.6. The Balaban J connectivity index is 5.49. The van der Waals surface area contributed by atoms with E-state index in [-0.39, 0.29) is 0 Å². The molecule has 4 nitrogen and oxygen atoms in total. The third-order valence-corrected chi connectivity index (χ3v) is 4.31.